The summed E-state index contributed by atoms with van der Waals surface area (Å²) in [7, 11) is -3.03. The Morgan fingerprint density at radius 3 is 2.84 bits per heavy atom. The third kappa shape index (κ3) is 4.81. The zero-order valence-corrected chi connectivity index (χ0v) is 16.0. The van der Waals surface area contributed by atoms with Gasteiger partial charge in [-0.1, -0.05) is 11.6 Å². The number of thiocarbonyl (C=S) groups is 1. The highest BCUT2D eigenvalue weighted by atomic mass is 35.5. The van der Waals surface area contributed by atoms with Crippen LogP contribution in [0.15, 0.2) is 18.2 Å². The van der Waals surface area contributed by atoms with E-state index in [1.54, 1.807) is 6.07 Å². The second-order valence-electron chi connectivity index (χ2n) is 6.40. The van der Waals surface area contributed by atoms with E-state index in [2.05, 4.69) is 5.32 Å². The van der Waals surface area contributed by atoms with Gasteiger partial charge in [0.2, 0.25) is 0 Å². The first-order chi connectivity index (χ1) is 11.8. The molecule has 0 radical (unpaired) electrons. The van der Waals surface area contributed by atoms with Crippen molar-refractivity contribution < 1.29 is 17.5 Å². The van der Waals surface area contributed by atoms with Crippen molar-refractivity contribution in [1.29, 1.82) is 0 Å². The Bertz CT molecular complexity index is 754. The van der Waals surface area contributed by atoms with Crippen LogP contribution in [-0.4, -0.2) is 55.2 Å². The number of benzene rings is 1. The second-order valence-corrected chi connectivity index (χ2v) is 9.43. The molecule has 2 atom stereocenters. The Hall–Kier alpha value is -0.960. The molecule has 0 bridgehead atoms. The van der Waals surface area contributed by atoms with Crippen LogP contribution in [0, 0.1) is 5.82 Å². The SMILES string of the molecule is O=S1(=O)CC[C@@H](N(C[C@H]2CCCO2)C(=S)Nc2ccc(F)c(Cl)c2)C1. The zero-order chi connectivity index (χ0) is 18.0. The van der Waals surface area contributed by atoms with Crippen LogP contribution in [0.5, 0.6) is 0 Å². The van der Waals surface area contributed by atoms with Gasteiger partial charge in [-0.25, -0.2) is 12.8 Å². The monoisotopic (exact) mass is 406 g/mol. The fourth-order valence-electron chi connectivity index (χ4n) is 3.20. The summed E-state index contributed by atoms with van der Waals surface area (Å²) in [5.41, 5.74) is 0.564. The molecule has 138 valence electrons. The second kappa shape index (κ2) is 7.73. The normalized spacial score (nSPS) is 25.0. The van der Waals surface area contributed by atoms with Gasteiger partial charge in [0.1, 0.15) is 5.82 Å². The molecule has 1 aromatic rings. The van der Waals surface area contributed by atoms with Crippen LogP contribution in [0.2, 0.25) is 5.02 Å². The third-order valence-electron chi connectivity index (χ3n) is 4.51. The van der Waals surface area contributed by atoms with E-state index in [0.29, 0.717) is 23.8 Å². The molecular formula is C16H20ClFN2O3S2. The lowest BCUT2D eigenvalue weighted by molar-refractivity contribution is 0.0851. The number of sulfone groups is 1. The summed E-state index contributed by atoms with van der Waals surface area (Å²) < 4.78 is 42.7. The van der Waals surface area contributed by atoms with E-state index in [-0.39, 0.29) is 28.7 Å². The van der Waals surface area contributed by atoms with E-state index in [1.807, 2.05) is 4.90 Å². The summed E-state index contributed by atoms with van der Waals surface area (Å²) in [6.07, 6.45) is 2.51. The number of ether oxygens (including phenoxy) is 1. The predicted octanol–water partition coefficient (Wildman–Crippen LogP) is 2.84. The van der Waals surface area contributed by atoms with Crippen molar-refractivity contribution in [2.75, 3.05) is 30.0 Å². The predicted molar refractivity (Wildman–Crippen MR) is 100 cm³/mol. The largest absolute Gasteiger partial charge is 0.376 e. The highest BCUT2D eigenvalue weighted by Crippen LogP contribution is 2.24. The van der Waals surface area contributed by atoms with Gasteiger partial charge in [-0.05, 0) is 49.7 Å². The molecule has 0 aliphatic carbocycles. The van der Waals surface area contributed by atoms with Crippen LogP contribution in [-0.2, 0) is 14.6 Å². The minimum absolute atomic E-state index is 0.00178. The first kappa shape index (κ1) is 18.8. The van der Waals surface area contributed by atoms with Crippen molar-refractivity contribution in [3.8, 4) is 0 Å². The maximum absolute atomic E-state index is 13.3. The number of halogens is 2. The lowest BCUT2D eigenvalue weighted by Gasteiger charge is -2.33. The topological polar surface area (TPSA) is 58.6 Å². The lowest BCUT2D eigenvalue weighted by Crippen LogP contribution is -2.47. The van der Waals surface area contributed by atoms with Gasteiger partial charge in [0.05, 0.1) is 22.6 Å². The molecule has 9 heteroatoms. The van der Waals surface area contributed by atoms with Crippen molar-refractivity contribution in [3.63, 3.8) is 0 Å². The summed E-state index contributed by atoms with van der Waals surface area (Å²) in [5, 5.41) is 3.45. The quantitative estimate of drug-likeness (QED) is 0.776. The molecule has 2 fully saturated rings. The summed E-state index contributed by atoms with van der Waals surface area (Å²) in [4.78, 5) is 1.90. The van der Waals surface area contributed by atoms with Gasteiger partial charge in [0, 0.05) is 24.9 Å². The van der Waals surface area contributed by atoms with Crippen molar-refractivity contribution >= 4 is 44.5 Å². The lowest BCUT2D eigenvalue weighted by atomic mass is 10.2. The van der Waals surface area contributed by atoms with Crippen molar-refractivity contribution in [2.45, 2.75) is 31.4 Å². The van der Waals surface area contributed by atoms with Gasteiger partial charge < -0.3 is 15.0 Å². The van der Waals surface area contributed by atoms with E-state index in [0.717, 1.165) is 19.4 Å². The Morgan fingerprint density at radius 2 is 2.24 bits per heavy atom. The van der Waals surface area contributed by atoms with E-state index >= 15 is 0 Å². The maximum Gasteiger partial charge on any atom is 0.173 e. The Balaban J connectivity index is 1.74. The van der Waals surface area contributed by atoms with Crippen LogP contribution < -0.4 is 5.32 Å². The van der Waals surface area contributed by atoms with Crippen molar-refractivity contribution in [1.82, 2.24) is 4.90 Å². The summed E-state index contributed by atoms with van der Waals surface area (Å²) in [6.45, 7) is 1.26. The number of hydrogen-bond donors (Lipinski definition) is 1. The third-order valence-corrected chi connectivity index (χ3v) is 6.88. The number of anilines is 1. The number of rotatable bonds is 4. The molecule has 0 spiro atoms. The van der Waals surface area contributed by atoms with E-state index in [1.165, 1.54) is 12.1 Å². The average Bonchev–Trinajstić information content (AvgIpc) is 3.17. The van der Waals surface area contributed by atoms with Crippen molar-refractivity contribution in [3.05, 3.63) is 29.0 Å². The fraction of sp³-hybridized carbons (Fsp3) is 0.562. The number of nitrogens with one attached hydrogen (secondary N) is 1. The number of nitrogens with zero attached hydrogens (tertiary/aromatic N) is 1. The molecule has 2 heterocycles. The Morgan fingerprint density at radius 1 is 1.44 bits per heavy atom. The molecule has 1 aromatic carbocycles. The highest BCUT2D eigenvalue weighted by Gasteiger charge is 2.35. The smallest absolute Gasteiger partial charge is 0.173 e. The molecular weight excluding hydrogens is 387 g/mol. The summed E-state index contributed by atoms with van der Waals surface area (Å²) in [5.74, 6) is -0.243. The van der Waals surface area contributed by atoms with Crippen LogP contribution in [0.4, 0.5) is 10.1 Å². The molecule has 0 aromatic heterocycles. The van der Waals surface area contributed by atoms with Crippen LogP contribution in [0.1, 0.15) is 19.3 Å². The van der Waals surface area contributed by atoms with Gasteiger partial charge in [-0.2, -0.15) is 0 Å². The molecule has 2 aliphatic rings. The minimum Gasteiger partial charge on any atom is -0.376 e. The average molecular weight is 407 g/mol. The molecule has 0 saturated carbocycles. The molecule has 2 aliphatic heterocycles. The van der Waals surface area contributed by atoms with Crippen LogP contribution in [0.25, 0.3) is 0 Å². The number of hydrogen-bond acceptors (Lipinski definition) is 4. The fourth-order valence-corrected chi connectivity index (χ4v) is 5.45. The van der Waals surface area contributed by atoms with E-state index < -0.39 is 15.7 Å². The Labute approximate surface area is 157 Å². The summed E-state index contributed by atoms with van der Waals surface area (Å²) >= 11 is 11.3. The van der Waals surface area contributed by atoms with Gasteiger partial charge in [-0.3, -0.25) is 0 Å². The minimum atomic E-state index is -3.03. The van der Waals surface area contributed by atoms with Gasteiger partial charge in [0.25, 0.3) is 0 Å². The van der Waals surface area contributed by atoms with Crippen LogP contribution >= 0.6 is 23.8 Å². The first-order valence-electron chi connectivity index (χ1n) is 8.19. The first-order valence-corrected chi connectivity index (χ1v) is 10.8. The maximum atomic E-state index is 13.3. The standard InChI is InChI=1S/C16H20ClFN2O3S2/c17-14-8-11(3-4-15(14)18)19-16(24)20(9-13-2-1-6-23-13)12-5-7-25(21,22)10-12/h3-4,8,12-13H,1-2,5-7,9-10H2,(H,19,24)/t12-,13-/m1/s1. The zero-order valence-electron chi connectivity index (χ0n) is 13.6. The molecule has 0 amide bonds. The highest BCUT2D eigenvalue weighted by molar-refractivity contribution is 7.91. The van der Waals surface area contributed by atoms with Crippen LogP contribution in [0.3, 0.4) is 0 Å². The van der Waals surface area contributed by atoms with Gasteiger partial charge in [-0.15, -0.1) is 0 Å². The summed E-state index contributed by atoms with van der Waals surface area (Å²) in [6, 6.07) is 4.09. The molecule has 2 saturated heterocycles. The van der Waals surface area contributed by atoms with E-state index in [9.17, 15) is 12.8 Å². The molecule has 3 rings (SSSR count). The molecule has 5 nitrogen and oxygen atoms in total. The van der Waals surface area contributed by atoms with E-state index in [4.69, 9.17) is 28.6 Å². The molecule has 0 unspecified atom stereocenters. The van der Waals surface area contributed by atoms with Gasteiger partial charge >= 0.3 is 0 Å². The van der Waals surface area contributed by atoms with Gasteiger partial charge in [0.15, 0.2) is 14.9 Å². The Kier molecular flexibility index (Phi) is 5.82. The van der Waals surface area contributed by atoms with Crippen molar-refractivity contribution in [2.24, 2.45) is 0 Å². The molecule has 1 N–H and O–H groups in total. The molecule has 25 heavy (non-hydrogen) atoms.